The molecule has 0 radical (unpaired) electrons. The van der Waals surface area contributed by atoms with Gasteiger partial charge < -0.3 is 9.84 Å². The van der Waals surface area contributed by atoms with Crippen LogP contribution in [0.3, 0.4) is 0 Å². The molecule has 0 saturated heterocycles. The van der Waals surface area contributed by atoms with Gasteiger partial charge in [0.05, 0.1) is 5.56 Å². The second kappa shape index (κ2) is 6.62. The van der Waals surface area contributed by atoms with Crippen molar-refractivity contribution in [3.8, 4) is 11.4 Å². The van der Waals surface area contributed by atoms with Gasteiger partial charge in [-0.1, -0.05) is 36.6 Å². The average Bonchev–Trinajstić information content (AvgIpc) is 3.05. The molecule has 1 aromatic carbocycles. The summed E-state index contributed by atoms with van der Waals surface area (Å²) in [6.07, 6.45) is 0.628. The second-order valence-electron chi connectivity index (χ2n) is 5.81. The van der Waals surface area contributed by atoms with Crippen LogP contribution in [0.5, 0.6) is 0 Å². The van der Waals surface area contributed by atoms with Crippen molar-refractivity contribution in [3.05, 3.63) is 35.7 Å². The average molecular weight is 339 g/mol. The number of carbonyl (C=O) groups is 1. The van der Waals surface area contributed by atoms with Crippen molar-refractivity contribution in [2.45, 2.75) is 44.3 Å². The van der Waals surface area contributed by atoms with Gasteiger partial charge in [-0.05, 0) is 25.0 Å². The Hall–Kier alpha value is -2.38. The molecule has 3 rings (SSSR count). The molecule has 0 unspecified atom stereocenters. The van der Waals surface area contributed by atoms with E-state index < -0.39 is 17.6 Å². The fourth-order valence-corrected chi connectivity index (χ4v) is 2.76. The molecule has 1 aliphatic carbocycles. The third-order valence-electron chi connectivity index (χ3n) is 4.01. The smallest absolute Gasteiger partial charge is 0.345 e. The Morgan fingerprint density at radius 3 is 2.67 bits per heavy atom. The second-order valence-corrected chi connectivity index (χ2v) is 5.81. The molecule has 1 saturated carbocycles. The van der Waals surface area contributed by atoms with Crippen molar-refractivity contribution in [2.24, 2.45) is 0 Å². The van der Waals surface area contributed by atoms with E-state index in [-0.39, 0.29) is 23.3 Å². The Balaban J connectivity index is 1.74. The third-order valence-corrected chi connectivity index (χ3v) is 4.01. The van der Waals surface area contributed by atoms with Gasteiger partial charge in [-0.3, -0.25) is 4.79 Å². The van der Waals surface area contributed by atoms with Crippen molar-refractivity contribution < 1.29 is 22.5 Å². The largest absolute Gasteiger partial charge is 0.416 e. The van der Waals surface area contributed by atoms with E-state index in [1.54, 1.807) is 0 Å². The van der Waals surface area contributed by atoms with Gasteiger partial charge in [0, 0.05) is 11.6 Å². The van der Waals surface area contributed by atoms with Crippen LogP contribution in [-0.4, -0.2) is 22.1 Å². The number of benzene rings is 1. The zero-order valence-electron chi connectivity index (χ0n) is 12.8. The molecule has 1 aliphatic rings. The van der Waals surface area contributed by atoms with Gasteiger partial charge in [-0.15, -0.1) is 0 Å². The van der Waals surface area contributed by atoms with Gasteiger partial charge in [0.15, 0.2) is 0 Å². The lowest BCUT2D eigenvalue weighted by molar-refractivity contribution is -0.137. The Morgan fingerprint density at radius 2 is 1.96 bits per heavy atom. The number of halogens is 3. The van der Waals surface area contributed by atoms with Crippen LogP contribution < -0.4 is 5.32 Å². The van der Waals surface area contributed by atoms with E-state index in [2.05, 4.69) is 15.5 Å². The van der Waals surface area contributed by atoms with Crippen LogP contribution >= 0.6 is 0 Å². The molecule has 1 heterocycles. The molecule has 1 N–H and O–H groups in total. The minimum Gasteiger partial charge on any atom is -0.345 e. The minimum atomic E-state index is -4.46. The monoisotopic (exact) mass is 339 g/mol. The van der Waals surface area contributed by atoms with Crippen molar-refractivity contribution >= 4 is 5.91 Å². The van der Waals surface area contributed by atoms with Gasteiger partial charge in [-0.25, -0.2) is 0 Å². The standard InChI is InChI=1S/C16H16F3N3O2/c17-16(18,19)11-6-4-5-10(9-11)13-21-15(24-22-13)14(23)20-12-7-2-1-3-8-12/h4-6,9,12H,1-3,7-8H2,(H,20,23). The fraction of sp³-hybridized carbons (Fsp3) is 0.438. The number of hydrogen-bond acceptors (Lipinski definition) is 4. The number of nitrogens with one attached hydrogen (secondary N) is 1. The first-order valence-electron chi connectivity index (χ1n) is 7.76. The molecule has 24 heavy (non-hydrogen) atoms. The van der Waals surface area contributed by atoms with Crippen molar-refractivity contribution in [2.75, 3.05) is 0 Å². The lowest BCUT2D eigenvalue weighted by atomic mass is 9.95. The van der Waals surface area contributed by atoms with Crippen LogP contribution in [0.1, 0.15) is 48.4 Å². The maximum atomic E-state index is 12.7. The van der Waals surface area contributed by atoms with Gasteiger partial charge >= 0.3 is 18.0 Å². The number of nitrogens with zero attached hydrogens (tertiary/aromatic N) is 2. The summed E-state index contributed by atoms with van der Waals surface area (Å²) in [5.41, 5.74) is -0.664. The summed E-state index contributed by atoms with van der Waals surface area (Å²) in [6, 6.07) is 4.66. The number of amides is 1. The highest BCUT2D eigenvalue weighted by molar-refractivity contribution is 5.90. The van der Waals surface area contributed by atoms with Crippen molar-refractivity contribution in [1.29, 1.82) is 0 Å². The maximum absolute atomic E-state index is 12.7. The zero-order valence-corrected chi connectivity index (χ0v) is 12.8. The Bertz CT molecular complexity index is 721. The molecule has 8 heteroatoms. The van der Waals surface area contributed by atoms with E-state index >= 15 is 0 Å². The summed E-state index contributed by atoms with van der Waals surface area (Å²) in [5.74, 6) is -0.782. The molecule has 1 fully saturated rings. The SMILES string of the molecule is O=C(NC1CCCCC1)c1nc(-c2cccc(C(F)(F)F)c2)no1. The molecule has 0 atom stereocenters. The highest BCUT2D eigenvalue weighted by Crippen LogP contribution is 2.31. The number of rotatable bonds is 3. The highest BCUT2D eigenvalue weighted by Gasteiger charge is 2.31. The highest BCUT2D eigenvalue weighted by atomic mass is 19.4. The predicted molar refractivity (Wildman–Crippen MR) is 79.1 cm³/mol. The first kappa shape index (κ1) is 16.5. The van der Waals surface area contributed by atoms with Crippen molar-refractivity contribution in [3.63, 3.8) is 0 Å². The Morgan fingerprint density at radius 1 is 1.21 bits per heavy atom. The number of carbonyl (C=O) groups excluding carboxylic acids is 1. The molecule has 0 aliphatic heterocycles. The van der Waals surface area contributed by atoms with E-state index in [9.17, 15) is 18.0 Å². The van der Waals surface area contributed by atoms with Crippen LogP contribution in [0.4, 0.5) is 13.2 Å². The summed E-state index contributed by atoms with van der Waals surface area (Å²) >= 11 is 0. The van der Waals surface area contributed by atoms with E-state index in [1.165, 1.54) is 12.1 Å². The fourth-order valence-electron chi connectivity index (χ4n) is 2.76. The van der Waals surface area contributed by atoms with Crippen molar-refractivity contribution in [1.82, 2.24) is 15.5 Å². The predicted octanol–water partition coefficient (Wildman–Crippen LogP) is 3.82. The quantitative estimate of drug-likeness (QED) is 0.923. The maximum Gasteiger partial charge on any atom is 0.416 e. The Labute approximate surface area is 136 Å². The molecule has 128 valence electrons. The first-order valence-corrected chi connectivity index (χ1v) is 7.76. The molecule has 2 aromatic rings. The summed E-state index contributed by atoms with van der Waals surface area (Å²) in [5, 5.41) is 6.43. The minimum absolute atomic E-state index is 0.0464. The van der Waals surface area contributed by atoms with Crippen LogP contribution in [0.25, 0.3) is 11.4 Å². The molecule has 1 aromatic heterocycles. The lowest BCUT2D eigenvalue weighted by Crippen LogP contribution is -2.36. The topological polar surface area (TPSA) is 68.0 Å². The van der Waals surface area contributed by atoms with Gasteiger partial charge in [0.2, 0.25) is 5.82 Å². The van der Waals surface area contributed by atoms with Gasteiger partial charge in [0.1, 0.15) is 0 Å². The molecule has 0 spiro atoms. The van der Waals surface area contributed by atoms with Gasteiger partial charge in [0.25, 0.3) is 0 Å². The molecule has 1 amide bonds. The van der Waals surface area contributed by atoms with Gasteiger partial charge in [-0.2, -0.15) is 18.2 Å². The zero-order chi connectivity index (χ0) is 17.2. The number of hydrogen-bond donors (Lipinski definition) is 1. The number of aromatic nitrogens is 2. The normalized spacial score (nSPS) is 16.1. The molecular weight excluding hydrogens is 323 g/mol. The summed E-state index contributed by atoms with van der Waals surface area (Å²) in [6.45, 7) is 0. The summed E-state index contributed by atoms with van der Waals surface area (Å²) in [7, 11) is 0. The summed E-state index contributed by atoms with van der Waals surface area (Å²) in [4.78, 5) is 16.0. The first-order chi connectivity index (χ1) is 11.4. The van der Waals surface area contributed by atoms with E-state index in [1.807, 2.05) is 0 Å². The van der Waals surface area contributed by atoms with E-state index in [0.717, 1.165) is 44.2 Å². The number of alkyl halides is 3. The lowest BCUT2D eigenvalue weighted by Gasteiger charge is -2.21. The Kier molecular flexibility index (Phi) is 4.55. The van der Waals surface area contributed by atoms with Crippen LogP contribution in [0.15, 0.2) is 28.8 Å². The summed E-state index contributed by atoms with van der Waals surface area (Å²) < 4.78 is 43.1. The van der Waals surface area contributed by atoms with E-state index in [4.69, 9.17) is 4.52 Å². The van der Waals surface area contributed by atoms with Crippen LogP contribution in [0.2, 0.25) is 0 Å². The third kappa shape index (κ3) is 3.74. The molecule has 5 nitrogen and oxygen atoms in total. The van der Waals surface area contributed by atoms with Crippen LogP contribution in [-0.2, 0) is 6.18 Å². The van der Waals surface area contributed by atoms with Crippen LogP contribution in [0, 0.1) is 0 Å². The molecule has 0 bridgehead atoms. The molecular formula is C16H16F3N3O2. The van der Waals surface area contributed by atoms with E-state index in [0.29, 0.717) is 0 Å².